The van der Waals surface area contributed by atoms with Gasteiger partial charge in [0.15, 0.2) is 13.9 Å². The lowest BCUT2D eigenvalue weighted by molar-refractivity contribution is -0.149. The fourth-order valence-corrected chi connectivity index (χ4v) is 9.66. The summed E-state index contributed by atoms with van der Waals surface area (Å²) >= 11 is 0. The van der Waals surface area contributed by atoms with Crippen LogP contribution in [0.5, 0.6) is 0 Å². The molecule has 0 aromatic heterocycles. The number of benzene rings is 1. The van der Waals surface area contributed by atoms with Gasteiger partial charge in [0, 0.05) is 49.3 Å². The quantitative estimate of drug-likeness (QED) is 0.580. The number of hydrogen-bond acceptors (Lipinski definition) is 6. The summed E-state index contributed by atoms with van der Waals surface area (Å²) in [5.41, 5.74) is 0.496. The molecule has 0 saturated carbocycles. The van der Waals surface area contributed by atoms with Crippen LogP contribution < -0.4 is 9.80 Å². The molecule has 4 aliphatic heterocycles. The summed E-state index contributed by atoms with van der Waals surface area (Å²) < 4.78 is 6.68. The zero-order valence-electron chi connectivity index (χ0n) is 21.6. The van der Waals surface area contributed by atoms with Crippen molar-refractivity contribution in [2.45, 2.75) is 75.4 Å². The molecule has 0 radical (unpaired) electrons. The molecule has 0 aliphatic carbocycles. The molecule has 2 N–H and O–H groups in total. The van der Waals surface area contributed by atoms with Crippen molar-refractivity contribution in [1.82, 2.24) is 4.90 Å². The predicted molar refractivity (Wildman–Crippen MR) is 137 cm³/mol. The number of ether oxygens (including phenoxy) is 1. The molecule has 0 bridgehead atoms. The van der Waals surface area contributed by atoms with Gasteiger partial charge >= 0.3 is 0 Å². The number of amides is 3. The van der Waals surface area contributed by atoms with Crippen LogP contribution in [0.3, 0.4) is 0 Å². The Morgan fingerprint density at radius 1 is 1.22 bits per heavy atom. The van der Waals surface area contributed by atoms with Gasteiger partial charge in [-0.2, -0.15) is 0 Å². The molecule has 1 aromatic rings. The summed E-state index contributed by atoms with van der Waals surface area (Å²) in [5, 5.41) is 9.71. The number of nitrogens with zero attached hydrogens (tertiary/aromatic N) is 3. The number of aliphatic hydroxyl groups is 1. The van der Waals surface area contributed by atoms with E-state index in [2.05, 4.69) is 0 Å². The number of carbonyl (C=O) groups excluding carboxylic acids is 3. The molecular weight excluding hydrogens is 478 g/mol. The van der Waals surface area contributed by atoms with E-state index in [4.69, 9.17) is 4.74 Å². The molecule has 196 valence electrons. The van der Waals surface area contributed by atoms with Crippen LogP contribution in [0.4, 0.5) is 11.4 Å². The van der Waals surface area contributed by atoms with Crippen molar-refractivity contribution >= 4 is 37.4 Å². The summed E-state index contributed by atoms with van der Waals surface area (Å²) in [7, 11) is -1.16. The van der Waals surface area contributed by atoms with Crippen LogP contribution in [0, 0.1) is 5.92 Å². The zero-order valence-corrected chi connectivity index (χ0v) is 22.6. The van der Waals surface area contributed by atoms with Crippen molar-refractivity contribution in [3.63, 3.8) is 0 Å². The van der Waals surface area contributed by atoms with E-state index in [9.17, 15) is 24.3 Å². The average Bonchev–Trinajstić information content (AvgIpc) is 3.57. The van der Waals surface area contributed by atoms with Crippen LogP contribution in [0.1, 0.15) is 44.6 Å². The third-order valence-corrected chi connectivity index (χ3v) is 11.3. The minimum absolute atomic E-state index is 0.0564. The standard InChI is InChI=1S/C26H37N3O6Si/c1-16-24(36(3,4)34)21(14-23(32)29-11-5-7-18(29)15-30)35-26(16)19-13-17(28-12-6-8-22(28)31)9-10-20(19)27(2)25(26)33/h9-10,13,16,18,21,24,30,34H,5-8,11-12,14-15H2,1-4H3/t16-,18-,21+,24-,26+/m0/s1. The molecule has 9 nitrogen and oxygen atoms in total. The van der Waals surface area contributed by atoms with Crippen molar-refractivity contribution in [3.8, 4) is 0 Å². The first-order chi connectivity index (χ1) is 17.0. The van der Waals surface area contributed by atoms with E-state index in [1.165, 1.54) is 0 Å². The van der Waals surface area contributed by atoms with E-state index in [-0.39, 0.29) is 48.3 Å². The number of aliphatic hydroxyl groups excluding tert-OH is 1. The highest BCUT2D eigenvalue weighted by Crippen LogP contribution is 2.59. The Labute approximate surface area is 213 Å². The number of hydrogen-bond donors (Lipinski definition) is 2. The fraction of sp³-hybridized carbons (Fsp3) is 0.654. The first-order valence-corrected chi connectivity index (χ1v) is 16.1. The van der Waals surface area contributed by atoms with Crippen LogP contribution in [0.25, 0.3) is 0 Å². The molecule has 4 aliphatic rings. The van der Waals surface area contributed by atoms with Gasteiger partial charge in [-0.1, -0.05) is 6.92 Å². The molecule has 10 heteroatoms. The van der Waals surface area contributed by atoms with Gasteiger partial charge in [0.1, 0.15) is 0 Å². The molecule has 5 atom stereocenters. The Balaban J connectivity index is 1.54. The second-order valence-corrected chi connectivity index (χ2v) is 15.3. The average molecular weight is 516 g/mol. The van der Waals surface area contributed by atoms with E-state index in [1.807, 2.05) is 38.2 Å². The minimum Gasteiger partial charge on any atom is -0.432 e. The molecule has 1 aromatic carbocycles. The first kappa shape index (κ1) is 25.4. The highest BCUT2D eigenvalue weighted by atomic mass is 28.4. The summed E-state index contributed by atoms with van der Waals surface area (Å²) in [4.78, 5) is 56.1. The maximum atomic E-state index is 13.9. The molecule has 0 unspecified atom stereocenters. The van der Waals surface area contributed by atoms with Gasteiger partial charge in [-0.25, -0.2) is 0 Å². The largest absolute Gasteiger partial charge is 0.432 e. The smallest absolute Gasteiger partial charge is 0.264 e. The Bertz CT molecular complexity index is 1090. The summed E-state index contributed by atoms with van der Waals surface area (Å²) in [6, 6.07) is 5.44. The van der Waals surface area contributed by atoms with Gasteiger partial charge in [-0.3, -0.25) is 14.4 Å². The number of carbonyl (C=O) groups is 3. The van der Waals surface area contributed by atoms with Gasteiger partial charge in [-0.15, -0.1) is 0 Å². The molecule has 3 amide bonds. The van der Waals surface area contributed by atoms with E-state index < -0.39 is 20.0 Å². The predicted octanol–water partition coefficient (Wildman–Crippen LogP) is 1.96. The number of rotatable bonds is 5. The van der Waals surface area contributed by atoms with E-state index in [1.54, 1.807) is 21.7 Å². The molecule has 4 heterocycles. The Morgan fingerprint density at radius 2 is 1.97 bits per heavy atom. The monoisotopic (exact) mass is 515 g/mol. The van der Waals surface area contributed by atoms with Crippen LogP contribution >= 0.6 is 0 Å². The first-order valence-electron chi connectivity index (χ1n) is 13.0. The number of fused-ring (bicyclic) bond motifs is 2. The highest BCUT2D eigenvalue weighted by molar-refractivity contribution is 6.71. The maximum absolute atomic E-state index is 13.9. The van der Waals surface area contributed by atoms with Crippen molar-refractivity contribution < 1.29 is 29.0 Å². The molecule has 5 rings (SSSR count). The van der Waals surface area contributed by atoms with Crippen molar-refractivity contribution in [1.29, 1.82) is 0 Å². The van der Waals surface area contributed by atoms with E-state index in [0.29, 0.717) is 25.1 Å². The van der Waals surface area contributed by atoms with Crippen molar-refractivity contribution in [3.05, 3.63) is 23.8 Å². The SMILES string of the molecule is C[C@H]1[C@H]([Si](C)(C)O)[C@@H](CC(=O)N2CCC[C@H]2CO)O[C@]12C(=O)N(C)c1ccc(N3CCCC3=O)cc12. The topological polar surface area (TPSA) is 111 Å². The lowest BCUT2D eigenvalue weighted by atomic mass is 9.82. The summed E-state index contributed by atoms with van der Waals surface area (Å²) in [5.74, 6) is -0.617. The summed E-state index contributed by atoms with van der Waals surface area (Å²) in [6.45, 7) is 6.79. The number of likely N-dealkylation sites (tertiary alicyclic amines) is 1. The zero-order chi connectivity index (χ0) is 26.0. The normalized spacial score (nSPS) is 32.3. The Hall–Kier alpha value is -2.27. The molecule has 3 fully saturated rings. The Kier molecular flexibility index (Phi) is 6.30. The van der Waals surface area contributed by atoms with Gasteiger partial charge in [0.25, 0.3) is 5.91 Å². The third kappa shape index (κ3) is 3.72. The Morgan fingerprint density at radius 3 is 2.61 bits per heavy atom. The number of likely N-dealkylation sites (N-methyl/N-ethyl adjacent to an activating group) is 1. The molecule has 36 heavy (non-hydrogen) atoms. The second-order valence-electron chi connectivity index (χ2n) is 11.3. The lowest BCUT2D eigenvalue weighted by Gasteiger charge is -2.32. The molecule has 1 spiro atoms. The van der Waals surface area contributed by atoms with Gasteiger partial charge in [-0.05, 0) is 50.6 Å². The molecular formula is C26H37N3O6Si. The van der Waals surface area contributed by atoms with Gasteiger partial charge in [0.2, 0.25) is 11.8 Å². The van der Waals surface area contributed by atoms with E-state index >= 15 is 0 Å². The third-order valence-electron chi connectivity index (χ3n) is 8.77. The van der Waals surface area contributed by atoms with E-state index in [0.717, 1.165) is 30.6 Å². The van der Waals surface area contributed by atoms with Crippen LogP contribution in [0.2, 0.25) is 18.6 Å². The number of anilines is 2. The summed E-state index contributed by atoms with van der Waals surface area (Å²) in [6.07, 6.45) is 2.36. The van der Waals surface area contributed by atoms with Crippen molar-refractivity contribution in [2.24, 2.45) is 5.92 Å². The second kappa shape index (κ2) is 8.93. The van der Waals surface area contributed by atoms with Crippen LogP contribution in [-0.2, 0) is 24.7 Å². The van der Waals surface area contributed by atoms with Gasteiger partial charge < -0.3 is 29.3 Å². The minimum atomic E-state index is -2.88. The van der Waals surface area contributed by atoms with Crippen LogP contribution in [-0.4, -0.2) is 79.7 Å². The van der Waals surface area contributed by atoms with Crippen LogP contribution in [0.15, 0.2) is 18.2 Å². The fourth-order valence-electron chi connectivity index (χ4n) is 7.10. The maximum Gasteiger partial charge on any atom is 0.264 e. The van der Waals surface area contributed by atoms with Crippen molar-refractivity contribution in [2.75, 3.05) is 36.5 Å². The van der Waals surface area contributed by atoms with Gasteiger partial charge in [0.05, 0.1) is 30.9 Å². The molecule has 3 saturated heterocycles. The highest BCUT2D eigenvalue weighted by Gasteiger charge is 2.66. The lowest BCUT2D eigenvalue weighted by Crippen LogP contribution is -2.45.